The van der Waals surface area contributed by atoms with E-state index in [1.54, 1.807) is 6.07 Å². The quantitative estimate of drug-likeness (QED) is 0.619. The van der Waals surface area contributed by atoms with Crippen LogP contribution in [0.5, 0.6) is 0 Å². The molecule has 126 valence electrons. The molecule has 2 heterocycles. The van der Waals surface area contributed by atoms with E-state index in [-0.39, 0.29) is 5.56 Å². The third kappa shape index (κ3) is 2.74. The number of hydrogen-bond donors (Lipinski definition) is 1. The molecule has 0 aliphatic rings. The number of para-hydroxylation sites is 2. The number of benzene rings is 2. The van der Waals surface area contributed by atoms with Crippen molar-refractivity contribution in [3.63, 3.8) is 0 Å². The van der Waals surface area contributed by atoms with Crippen LogP contribution in [-0.4, -0.2) is 14.8 Å². The number of aromatic nitrogens is 3. The molecule has 0 aliphatic carbocycles. The first-order valence-corrected chi connectivity index (χ1v) is 8.72. The smallest absolute Gasteiger partial charge is 0.248 e. The van der Waals surface area contributed by atoms with Crippen molar-refractivity contribution in [2.24, 2.45) is 7.05 Å². The van der Waals surface area contributed by atoms with Crippen molar-refractivity contribution in [3.05, 3.63) is 75.7 Å². The van der Waals surface area contributed by atoms with Gasteiger partial charge in [0.2, 0.25) is 5.56 Å². The summed E-state index contributed by atoms with van der Waals surface area (Å²) in [5.41, 5.74) is 5.46. The lowest BCUT2D eigenvalue weighted by atomic mass is 9.99. The zero-order valence-electron chi connectivity index (χ0n) is 14.5. The van der Waals surface area contributed by atoms with E-state index in [9.17, 15) is 4.79 Å². The molecule has 0 saturated carbocycles. The van der Waals surface area contributed by atoms with E-state index in [4.69, 9.17) is 0 Å². The molecule has 0 saturated heterocycles. The normalized spacial score (nSPS) is 11.4. The molecule has 4 heteroatoms. The molecular weight excluding hydrogens is 310 g/mol. The van der Waals surface area contributed by atoms with Crippen LogP contribution in [0.15, 0.2) is 53.3 Å². The number of hydrogen-bond acceptors (Lipinski definition) is 2. The molecule has 0 unspecified atom stereocenters. The van der Waals surface area contributed by atoms with Crippen LogP contribution in [0.3, 0.4) is 0 Å². The van der Waals surface area contributed by atoms with Crippen molar-refractivity contribution in [1.82, 2.24) is 14.8 Å². The second kappa shape index (κ2) is 6.20. The molecule has 1 N–H and O–H groups in total. The van der Waals surface area contributed by atoms with Crippen LogP contribution in [0.1, 0.15) is 23.7 Å². The van der Waals surface area contributed by atoms with Crippen molar-refractivity contribution >= 4 is 21.8 Å². The van der Waals surface area contributed by atoms with Crippen LogP contribution in [0.4, 0.5) is 0 Å². The minimum atomic E-state index is -0.0277. The summed E-state index contributed by atoms with van der Waals surface area (Å²) in [5, 5.41) is 7.03. The van der Waals surface area contributed by atoms with E-state index in [0.717, 1.165) is 46.9 Å². The summed E-state index contributed by atoms with van der Waals surface area (Å²) in [4.78, 5) is 15.0. The lowest BCUT2D eigenvalue weighted by Gasteiger charge is -2.09. The Morgan fingerprint density at radius 2 is 1.80 bits per heavy atom. The van der Waals surface area contributed by atoms with Gasteiger partial charge in [0.05, 0.1) is 16.7 Å². The average Bonchev–Trinajstić information content (AvgIpc) is 2.95. The molecule has 0 atom stereocenters. The molecule has 0 aliphatic heterocycles. The summed E-state index contributed by atoms with van der Waals surface area (Å²) < 4.78 is 1.94. The minimum Gasteiger partial charge on any atom is -0.322 e. The molecule has 0 radical (unpaired) electrons. The van der Waals surface area contributed by atoms with Crippen molar-refractivity contribution in [3.8, 4) is 0 Å². The Kier molecular flexibility index (Phi) is 3.88. The number of nitrogens with zero attached hydrogens (tertiary/aromatic N) is 2. The standard InChI is InChI=1S/C21H21N3O/c1-3-14-13-20(25)22-21-15(7-6-9-16(14)21)11-12-18-17-8-4-5-10-19(17)24(2)23-18/h4-10,13H,3,11-12H2,1-2H3,(H,22,25). The first-order chi connectivity index (χ1) is 12.2. The topological polar surface area (TPSA) is 50.7 Å². The van der Waals surface area contributed by atoms with Gasteiger partial charge in [-0.05, 0) is 36.5 Å². The van der Waals surface area contributed by atoms with Crippen molar-refractivity contribution in [1.29, 1.82) is 0 Å². The van der Waals surface area contributed by atoms with Crippen molar-refractivity contribution in [2.45, 2.75) is 26.2 Å². The maximum absolute atomic E-state index is 12.0. The summed E-state index contributed by atoms with van der Waals surface area (Å²) in [7, 11) is 1.98. The highest BCUT2D eigenvalue weighted by atomic mass is 16.1. The fourth-order valence-corrected chi connectivity index (χ4v) is 3.64. The average molecular weight is 331 g/mol. The van der Waals surface area contributed by atoms with Gasteiger partial charge in [0.1, 0.15) is 0 Å². The molecule has 0 bridgehead atoms. The number of H-pyrrole nitrogens is 1. The van der Waals surface area contributed by atoms with E-state index in [0.29, 0.717) is 0 Å². The lowest BCUT2D eigenvalue weighted by Crippen LogP contribution is -2.08. The maximum atomic E-state index is 12.0. The first kappa shape index (κ1) is 15.6. The SMILES string of the molecule is CCc1cc(=O)[nH]c2c(CCc3nn(C)c4ccccc34)cccc12. The Bertz CT molecular complexity index is 1120. The molecule has 2 aromatic carbocycles. The number of aromatic amines is 1. The van der Waals surface area contributed by atoms with Crippen LogP contribution in [0.2, 0.25) is 0 Å². The van der Waals surface area contributed by atoms with Gasteiger partial charge >= 0.3 is 0 Å². The fraction of sp³-hybridized carbons (Fsp3) is 0.238. The number of nitrogens with one attached hydrogen (secondary N) is 1. The molecule has 4 aromatic rings. The molecule has 4 nitrogen and oxygen atoms in total. The van der Waals surface area contributed by atoms with Gasteiger partial charge in [-0.2, -0.15) is 5.10 Å². The third-order valence-corrected chi connectivity index (χ3v) is 4.90. The Balaban J connectivity index is 1.74. The molecule has 25 heavy (non-hydrogen) atoms. The van der Waals surface area contributed by atoms with E-state index < -0.39 is 0 Å². The Morgan fingerprint density at radius 1 is 1.00 bits per heavy atom. The van der Waals surface area contributed by atoms with E-state index >= 15 is 0 Å². The van der Waals surface area contributed by atoms with Crippen LogP contribution in [0, 0.1) is 0 Å². The molecular formula is C21H21N3O. The van der Waals surface area contributed by atoms with Crippen LogP contribution in [-0.2, 0) is 26.3 Å². The van der Waals surface area contributed by atoms with Crippen LogP contribution in [0.25, 0.3) is 21.8 Å². The lowest BCUT2D eigenvalue weighted by molar-refractivity contribution is 0.758. The molecule has 4 rings (SSSR count). The highest BCUT2D eigenvalue weighted by Crippen LogP contribution is 2.23. The summed E-state index contributed by atoms with van der Waals surface area (Å²) in [6, 6.07) is 16.3. The van der Waals surface area contributed by atoms with E-state index in [1.807, 2.05) is 17.8 Å². The number of fused-ring (bicyclic) bond motifs is 2. The first-order valence-electron chi connectivity index (χ1n) is 8.72. The number of rotatable bonds is 4. The van der Waals surface area contributed by atoms with Crippen LogP contribution >= 0.6 is 0 Å². The highest BCUT2D eigenvalue weighted by molar-refractivity contribution is 5.85. The second-order valence-corrected chi connectivity index (χ2v) is 6.44. The van der Waals surface area contributed by atoms with Crippen molar-refractivity contribution < 1.29 is 0 Å². The number of pyridine rings is 1. The van der Waals surface area contributed by atoms with Gasteiger partial charge in [-0.1, -0.05) is 43.3 Å². The third-order valence-electron chi connectivity index (χ3n) is 4.90. The largest absolute Gasteiger partial charge is 0.322 e. The number of aryl methyl sites for hydroxylation is 4. The minimum absolute atomic E-state index is 0.0277. The van der Waals surface area contributed by atoms with Crippen LogP contribution < -0.4 is 5.56 Å². The molecule has 0 fully saturated rings. The summed E-state index contributed by atoms with van der Waals surface area (Å²) in [6.45, 7) is 2.08. The predicted octanol–water partition coefficient (Wildman–Crippen LogP) is 3.76. The van der Waals surface area contributed by atoms with Gasteiger partial charge < -0.3 is 4.98 Å². The fourth-order valence-electron chi connectivity index (χ4n) is 3.64. The van der Waals surface area contributed by atoms with Gasteiger partial charge in [0, 0.05) is 23.9 Å². The monoisotopic (exact) mass is 331 g/mol. The molecule has 0 amide bonds. The van der Waals surface area contributed by atoms with E-state index in [2.05, 4.69) is 53.4 Å². The summed E-state index contributed by atoms with van der Waals surface area (Å²) >= 11 is 0. The molecule has 2 aromatic heterocycles. The van der Waals surface area contributed by atoms with Gasteiger partial charge in [0.25, 0.3) is 0 Å². The van der Waals surface area contributed by atoms with E-state index in [1.165, 1.54) is 10.9 Å². The maximum Gasteiger partial charge on any atom is 0.248 e. The molecule has 0 spiro atoms. The zero-order chi connectivity index (χ0) is 17.4. The van der Waals surface area contributed by atoms with Gasteiger partial charge in [0.15, 0.2) is 0 Å². The van der Waals surface area contributed by atoms with Gasteiger partial charge in [-0.3, -0.25) is 9.48 Å². The second-order valence-electron chi connectivity index (χ2n) is 6.44. The summed E-state index contributed by atoms with van der Waals surface area (Å²) in [6.07, 6.45) is 2.55. The Hall–Kier alpha value is -2.88. The van der Waals surface area contributed by atoms with Gasteiger partial charge in [-0.25, -0.2) is 0 Å². The van der Waals surface area contributed by atoms with Crippen molar-refractivity contribution in [2.75, 3.05) is 0 Å². The predicted molar refractivity (Wildman–Crippen MR) is 102 cm³/mol. The van der Waals surface area contributed by atoms with Gasteiger partial charge in [-0.15, -0.1) is 0 Å². The summed E-state index contributed by atoms with van der Waals surface area (Å²) in [5.74, 6) is 0. The highest BCUT2D eigenvalue weighted by Gasteiger charge is 2.10. The zero-order valence-corrected chi connectivity index (χ0v) is 14.5. The Labute approximate surface area is 146 Å². The Morgan fingerprint density at radius 3 is 2.64 bits per heavy atom.